The smallest absolute Gasteiger partial charge is 0.195 e. The van der Waals surface area contributed by atoms with Gasteiger partial charge < -0.3 is 4.74 Å². The number of hydrogen-bond acceptors (Lipinski definition) is 3. The number of rotatable bonds is 4. The second kappa shape index (κ2) is 5.25. The van der Waals surface area contributed by atoms with Crippen molar-refractivity contribution in [3.63, 3.8) is 0 Å². The lowest BCUT2D eigenvalue weighted by atomic mass is 10.1. The van der Waals surface area contributed by atoms with Crippen LogP contribution in [0.5, 0.6) is 0 Å². The maximum absolute atomic E-state index is 5.22. The molecule has 2 rings (SSSR count). The third-order valence-corrected chi connectivity index (χ3v) is 2.97. The summed E-state index contributed by atoms with van der Waals surface area (Å²) in [5.41, 5.74) is 2.27. The number of aromatic amines is 1. The zero-order valence-electron chi connectivity index (χ0n) is 9.93. The van der Waals surface area contributed by atoms with Crippen LogP contribution in [0.1, 0.15) is 5.56 Å². The van der Waals surface area contributed by atoms with E-state index in [0.29, 0.717) is 17.9 Å². The topological polar surface area (TPSA) is 42.8 Å². The molecule has 17 heavy (non-hydrogen) atoms. The van der Waals surface area contributed by atoms with Crippen LogP contribution in [0.3, 0.4) is 0 Å². The first-order valence-corrected chi connectivity index (χ1v) is 5.85. The van der Waals surface area contributed by atoms with Gasteiger partial charge in [-0.25, -0.2) is 0 Å². The Labute approximate surface area is 105 Å². The van der Waals surface area contributed by atoms with Crippen molar-refractivity contribution in [3.05, 3.63) is 34.6 Å². The van der Waals surface area contributed by atoms with Gasteiger partial charge in [-0.1, -0.05) is 24.3 Å². The fraction of sp³-hybridized carbons (Fsp3) is 0.333. The van der Waals surface area contributed by atoms with E-state index in [1.165, 1.54) is 5.56 Å². The molecule has 90 valence electrons. The van der Waals surface area contributed by atoms with Crippen molar-refractivity contribution in [2.75, 3.05) is 13.7 Å². The molecule has 0 aliphatic carbocycles. The molecule has 0 amide bonds. The summed E-state index contributed by atoms with van der Waals surface area (Å²) in [5.74, 6) is 0.866. The van der Waals surface area contributed by atoms with Crippen molar-refractivity contribution >= 4 is 12.2 Å². The number of aromatic nitrogens is 3. The Kier molecular flexibility index (Phi) is 3.71. The number of methoxy groups -OCH3 is 1. The Bertz CT molecular complexity index is 559. The minimum absolute atomic E-state index is 0.618. The van der Waals surface area contributed by atoms with E-state index < -0.39 is 0 Å². The van der Waals surface area contributed by atoms with E-state index in [1.807, 2.05) is 22.8 Å². The number of nitrogens with zero attached hydrogens (tertiary/aromatic N) is 2. The van der Waals surface area contributed by atoms with E-state index in [-0.39, 0.29) is 0 Å². The minimum Gasteiger partial charge on any atom is -0.383 e. The van der Waals surface area contributed by atoms with E-state index >= 15 is 0 Å². The molecule has 5 heteroatoms. The maximum Gasteiger partial charge on any atom is 0.195 e. The average molecular weight is 249 g/mol. The molecule has 0 fully saturated rings. The van der Waals surface area contributed by atoms with Crippen LogP contribution in [0.2, 0.25) is 0 Å². The van der Waals surface area contributed by atoms with Crippen LogP contribution in [-0.4, -0.2) is 28.5 Å². The molecule has 0 unspecified atom stereocenters. The summed E-state index contributed by atoms with van der Waals surface area (Å²) in [6.07, 6.45) is 0. The maximum atomic E-state index is 5.22. The van der Waals surface area contributed by atoms with Crippen LogP contribution in [-0.2, 0) is 11.3 Å². The van der Waals surface area contributed by atoms with Crippen molar-refractivity contribution in [1.29, 1.82) is 0 Å². The predicted octanol–water partition coefficient (Wildman–Crippen LogP) is 2.56. The number of aryl methyl sites for hydroxylation is 1. The molecule has 0 saturated carbocycles. The molecular formula is C12H15N3OS. The molecule has 1 N–H and O–H groups in total. The fourth-order valence-electron chi connectivity index (χ4n) is 1.74. The molecule has 0 bridgehead atoms. The first kappa shape index (κ1) is 12.0. The minimum atomic E-state index is 0.618. The van der Waals surface area contributed by atoms with Crippen LogP contribution in [0, 0.1) is 11.7 Å². The third kappa shape index (κ3) is 2.45. The van der Waals surface area contributed by atoms with Gasteiger partial charge in [0.2, 0.25) is 0 Å². The van der Waals surface area contributed by atoms with Crippen molar-refractivity contribution in [2.24, 2.45) is 0 Å². The molecule has 1 aromatic carbocycles. The highest BCUT2D eigenvalue weighted by molar-refractivity contribution is 7.71. The van der Waals surface area contributed by atoms with Crippen LogP contribution >= 0.6 is 12.2 Å². The van der Waals surface area contributed by atoms with Gasteiger partial charge in [0.1, 0.15) is 0 Å². The highest BCUT2D eigenvalue weighted by atomic mass is 32.1. The van der Waals surface area contributed by atoms with E-state index in [0.717, 1.165) is 11.4 Å². The molecule has 0 saturated heterocycles. The summed E-state index contributed by atoms with van der Waals surface area (Å²) in [5, 5.41) is 7.12. The zero-order chi connectivity index (χ0) is 12.3. The Morgan fingerprint density at radius 3 is 2.88 bits per heavy atom. The zero-order valence-corrected chi connectivity index (χ0v) is 10.8. The largest absolute Gasteiger partial charge is 0.383 e. The van der Waals surface area contributed by atoms with Gasteiger partial charge in [-0.3, -0.25) is 9.67 Å². The second-order valence-corrected chi connectivity index (χ2v) is 4.20. The highest BCUT2D eigenvalue weighted by Gasteiger charge is 2.10. The lowest BCUT2D eigenvalue weighted by molar-refractivity contribution is 0.187. The normalized spacial score (nSPS) is 10.7. The van der Waals surface area contributed by atoms with Gasteiger partial charge in [-0.05, 0) is 24.7 Å². The molecule has 0 atom stereocenters. The van der Waals surface area contributed by atoms with Gasteiger partial charge in [0.15, 0.2) is 10.6 Å². The number of ether oxygens (including phenoxy) is 1. The summed E-state index contributed by atoms with van der Waals surface area (Å²) in [6, 6.07) is 8.12. The number of benzene rings is 1. The van der Waals surface area contributed by atoms with Gasteiger partial charge in [-0.15, -0.1) is 0 Å². The van der Waals surface area contributed by atoms with Crippen LogP contribution in [0.4, 0.5) is 0 Å². The van der Waals surface area contributed by atoms with Crippen LogP contribution in [0.25, 0.3) is 11.4 Å². The van der Waals surface area contributed by atoms with Gasteiger partial charge in [0, 0.05) is 12.7 Å². The number of hydrogen-bond donors (Lipinski definition) is 1. The van der Waals surface area contributed by atoms with Crippen molar-refractivity contribution in [1.82, 2.24) is 14.8 Å². The Morgan fingerprint density at radius 1 is 1.41 bits per heavy atom. The first-order valence-electron chi connectivity index (χ1n) is 5.44. The molecule has 4 nitrogen and oxygen atoms in total. The Hall–Kier alpha value is -1.46. The number of nitrogens with one attached hydrogen (secondary N) is 1. The predicted molar refractivity (Wildman–Crippen MR) is 69.5 cm³/mol. The molecule has 1 heterocycles. The third-order valence-electron chi connectivity index (χ3n) is 2.66. The summed E-state index contributed by atoms with van der Waals surface area (Å²) in [7, 11) is 1.68. The van der Waals surface area contributed by atoms with Crippen molar-refractivity contribution in [3.8, 4) is 11.4 Å². The summed E-state index contributed by atoms with van der Waals surface area (Å²) < 4.78 is 7.67. The van der Waals surface area contributed by atoms with Gasteiger partial charge >= 0.3 is 0 Å². The quantitative estimate of drug-likeness (QED) is 0.847. The lowest BCUT2D eigenvalue weighted by Gasteiger charge is -2.08. The fourth-order valence-corrected chi connectivity index (χ4v) is 1.96. The molecule has 0 spiro atoms. The van der Waals surface area contributed by atoms with Gasteiger partial charge in [0.05, 0.1) is 13.2 Å². The molecule has 1 aromatic heterocycles. The van der Waals surface area contributed by atoms with Crippen LogP contribution in [0.15, 0.2) is 24.3 Å². The SMILES string of the molecule is COCCn1c(-c2ccccc2C)n[nH]c1=S. The highest BCUT2D eigenvalue weighted by Crippen LogP contribution is 2.20. The van der Waals surface area contributed by atoms with Crippen LogP contribution < -0.4 is 0 Å². The van der Waals surface area contributed by atoms with Crippen molar-refractivity contribution < 1.29 is 4.74 Å². The number of H-pyrrole nitrogens is 1. The van der Waals surface area contributed by atoms with Gasteiger partial charge in [0.25, 0.3) is 0 Å². The first-order chi connectivity index (χ1) is 8.24. The average Bonchev–Trinajstić information content (AvgIpc) is 2.69. The van der Waals surface area contributed by atoms with E-state index in [1.54, 1.807) is 7.11 Å². The standard InChI is InChI=1S/C12H15N3OS/c1-9-5-3-4-6-10(9)11-13-14-12(17)15(11)7-8-16-2/h3-6H,7-8H2,1-2H3,(H,14,17). The van der Waals surface area contributed by atoms with E-state index in [9.17, 15) is 0 Å². The van der Waals surface area contributed by atoms with Crippen molar-refractivity contribution in [2.45, 2.75) is 13.5 Å². The Morgan fingerprint density at radius 2 is 2.18 bits per heavy atom. The monoisotopic (exact) mass is 249 g/mol. The summed E-state index contributed by atoms with van der Waals surface area (Å²) >= 11 is 5.22. The lowest BCUT2D eigenvalue weighted by Crippen LogP contribution is -2.06. The molecular weight excluding hydrogens is 234 g/mol. The molecule has 2 aromatic rings. The summed E-state index contributed by atoms with van der Waals surface area (Å²) in [4.78, 5) is 0. The molecule has 0 radical (unpaired) electrons. The molecule has 0 aliphatic heterocycles. The molecule has 0 aliphatic rings. The van der Waals surface area contributed by atoms with E-state index in [2.05, 4.69) is 23.2 Å². The van der Waals surface area contributed by atoms with E-state index in [4.69, 9.17) is 17.0 Å². The Balaban J connectivity index is 2.46. The summed E-state index contributed by atoms with van der Waals surface area (Å²) in [6.45, 7) is 3.38. The van der Waals surface area contributed by atoms with Gasteiger partial charge in [-0.2, -0.15) is 5.10 Å². The second-order valence-electron chi connectivity index (χ2n) is 3.81.